The smallest absolute Gasteiger partial charge is 0.335 e. The first-order valence-electron chi connectivity index (χ1n) is 7.89. The molecule has 25 heavy (non-hydrogen) atoms. The topological polar surface area (TPSA) is 66.8 Å². The van der Waals surface area contributed by atoms with Crippen molar-refractivity contribution in [2.75, 3.05) is 27.2 Å². The lowest BCUT2D eigenvalue weighted by molar-refractivity contribution is 0.0696. The Bertz CT molecular complexity index is 764. The van der Waals surface area contributed by atoms with Crippen LogP contribution in [0.5, 0.6) is 5.75 Å². The Morgan fingerprint density at radius 1 is 1.08 bits per heavy atom. The monoisotopic (exact) mass is 339 g/mol. The molecule has 2 aromatic carbocycles. The zero-order valence-electron chi connectivity index (χ0n) is 14.3. The van der Waals surface area contributed by atoms with Crippen LogP contribution in [0.1, 0.15) is 26.3 Å². The minimum atomic E-state index is -0.974. The predicted molar refractivity (Wildman–Crippen MR) is 97.3 cm³/mol. The Labute approximate surface area is 147 Å². The zero-order chi connectivity index (χ0) is 18.2. The highest BCUT2D eigenvalue weighted by molar-refractivity contribution is 6.07. The average Bonchev–Trinajstić information content (AvgIpc) is 2.60. The van der Waals surface area contributed by atoms with Crippen molar-refractivity contribution in [3.63, 3.8) is 0 Å². The van der Waals surface area contributed by atoms with E-state index >= 15 is 0 Å². The summed E-state index contributed by atoms with van der Waals surface area (Å²) in [5.74, 6) is -0.454. The van der Waals surface area contributed by atoms with Crippen LogP contribution in [0, 0.1) is 0 Å². The highest BCUT2D eigenvalue weighted by Gasteiger charge is 2.05. The summed E-state index contributed by atoms with van der Waals surface area (Å²) in [5.41, 5.74) is 1.52. The van der Waals surface area contributed by atoms with E-state index in [9.17, 15) is 9.59 Å². The summed E-state index contributed by atoms with van der Waals surface area (Å²) in [7, 11) is 3.94. The van der Waals surface area contributed by atoms with Crippen molar-refractivity contribution in [1.29, 1.82) is 0 Å². The van der Waals surface area contributed by atoms with Crippen molar-refractivity contribution in [3.05, 3.63) is 71.3 Å². The molecule has 2 rings (SSSR count). The van der Waals surface area contributed by atoms with E-state index in [4.69, 9.17) is 9.84 Å². The van der Waals surface area contributed by atoms with Gasteiger partial charge in [0.2, 0.25) is 0 Å². The van der Waals surface area contributed by atoms with Crippen molar-refractivity contribution in [3.8, 4) is 5.75 Å². The van der Waals surface area contributed by atoms with Crippen molar-refractivity contribution in [2.45, 2.75) is 0 Å². The third kappa shape index (κ3) is 5.90. The van der Waals surface area contributed by atoms with Gasteiger partial charge in [0.15, 0.2) is 5.78 Å². The van der Waals surface area contributed by atoms with E-state index < -0.39 is 5.97 Å². The number of carboxylic acids is 1. The van der Waals surface area contributed by atoms with Crippen LogP contribution >= 0.6 is 0 Å². The van der Waals surface area contributed by atoms with Crippen LogP contribution in [-0.2, 0) is 0 Å². The van der Waals surface area contributed by atoms with Crippen LogP contribution < -0.4 is 4.74 Å². The van der Waals surface area contributed by atoms with E-state index in [-0.39, 0.29) is 11.3 Å². The molecule has 0 aromatic heterocycles. The van der Waals surface area contributed by atoms with E-state index in [1.54, 1.807) is 36.4 Å². The summed E-state index contributed by atoms with van der Waals surface area (Å²) in [6, 6.07) is 13.4. The summed E-state index contributed by atoms with van der Waals surface area (Å²) in [4.78, 5) is 25.1. The normalized spacial score (nSPS) is 11.0. The standard InChI is InChI=1S/C20H21NO4/c1-21(2)12-13-25-18-5-3-4-17(14-18)19(22)11-8-15-6-9-16(10-7-15)20(23)24/h3-11,14H,12-13H2,1-2H3,(H,23,24). The van der Waals surface area contributed by atoms with Crippen molar-refractivity contribution in [1.82, 2.24) is 4.90 Å². The van der Waals surface area contributed by atoms with E-state index in [1.165, 1.54) is 18.2 Å². The number of aromatic carboxylic acids is 1. The van der Waals surface area contributed by atoms with Crippen LogP contribution in [0.25, 0.3) is 6.08 Å². The number of allylic oxidation sites excluding steroid dienone is 1. The average molecular weight is 339 g/mol. The number of rotatable bonds is 8. The molecule has 0 aliphatic heterocycles. The molecule has 0 aliphatic rings. The highest BCUT2D eigenvalue weighted by Crippen LogP contribution is 2.15. The number of ketones is 1. The minimum Gasteiger partial charge on any atom is -0.492 e. The van der Waals surface area contributed by atoms with Crippen LogP contribution in [0.15, 0.2) is 54.6 Å². The number of likely N-dealkylation sites (N-methyl/N-ethyl adjacent to an activating group) is 1. The first kappa shape index (κ1) is 18.4. The maximum atomic E-state index is 12.3. The second kappa shape index (κ2) is 8.80. The molecule has 5 heteroatoms. The second-order valence-electron chi connectivity index (χ2n) is 5.80. The van der Waals surface area contributed by atoms with Gasteiger partial charge in [-0.05, 0) is 50.0 Å². The number of carbonyl (C=O) groups is 2. The molecule has 0 atom stereocenters. The molecule has 0 heterocycles. The molecule has 0 saturated carbocycles. The number of carboxylic acid groups (broad SMARTS) is 1. The number of ether oxygens (including phenoxy) is 1. The maximum Gasteiger partial charge on any atom is 0.335 e. The highest BCUT2D eigenvalue weighted by atomic mass is 16.5. The summed E-state index contributed by atoms with van der Waals surface area (Å²) >= 11 is 0. The SMILES string of the molecule is CN(C)CCOc1cccc(C(=O)C=Cc2ccc(C(=O)O)cc2)c1. The molecule has 0 unspecified atom stereocenters. The second-order valence-corrected chi connectivity index (χ2v) is 5.80. The Hall–Kier alpha value is -2.92. The lowest BCUT2D eigenvalue weighted by Crippen LogP contribution is -2.19. The van der Waals surface area contributed by atoms with Gasteiger partial charge >= 0.3 is 5.97 Å². The largest absolute Gasteiger partial charge is 0.492 e. The van der Waals surface area contributed by atoms with Crippen LogP contribution in [0.4, 0.5) is 0 Å². The minimum absolute atomic E-state index is 0.139. The molecule has 0 spiro atoms. The van der Waals surface area contributed by atoms with Crippen LogP contribution in [0.2, 0.25) is 0 Å². The van der Waals surface area contributed by atoms with Crippen molar-refractivity contribution in [2.24, 2.45) is 0 Å². The first-order valence-corrected chi connectivity index (χ1v) is 7.89. The number of nitrogens with zero attached hydrogens (tertiary/aromatic N) is 1. The van der Waals surface area contributed by atoms with Gasteiger partial charge in [0.05, 0.1) is 5.56 Å². The molecule has 2 aromatic rings. The number of benzene rings is 2. The summed E-state index contributed by atoms with van der Waals surface area (Å²) < 4.78 is 5.63. The van der Waals surface area contributed by atoms with Gasteiger partial charge in [-0.3, -0.25) is 4.79 Å². The van der Waals surface area contributed by atoms with Gasteiger partial charge in [-0.25, -0.2) is 4.79 Å². The molecule has 0 saturated heterocycles. The van der Waals surface area contributed by atoms with Crippen molar-refractivity contribution < 1.29 is 19.4 Å². The van der Waals surface area contributed by atoms with Crippen LogP contribution in [-0.4, -0.2) is 49.0 Å². The summed E-state index contributed by atoms with van der Waals surface area (Å²) in [5, 5.41) is 8.87. The lowest BCUT2D eigenvalue weighted by atomic mass is 10.1. The van der Waals surface area contributed by atoms with Gasteiger partial charge in [-0.1, -0.05) is 30.3 Å². The van der Waals surface area contributed by atoms with E-state index in [0.29, 0.717) is 17.9 Å². The van der Waals surface area contributed by atoms with Crippen LogP contribution in [0.3, 0.4) is 0 Å². The first-order chi connectivity index (χ1) is 12.0. The maximum absolute atomic E-state index is 12.3. The third-order valence-electron chi connectivity index (χ3n) is 3.51. The Morgan fingerprint density at radius 3 is 2.44 bits per heavy atom. The third-order valence-corrected chi connectivity index (χ3v) is 3.51. The molecule has 5 nitrogen and oxygen atoms in total. The number of hydrogen-bond donors (Lipinski definition) is 1. The van der Waals surface area contributed by atoms with E-state index in [0.717, 1.165) is 12.1 Å². The molecular formula is C20H21NO4. The lowest BCUT2D eigenvalue weighted by Gasteiger charge is -2.11. The molecule has 0 amide bonds. The fraction of sp³-hybridized carbons (Fsp3) is 0.200. The number of hydrogen-bond acceptors (Lipinski definition) is 4. The summed E-state index contributed by atoms with van der Waals surface area (Å²) in [6.07, 6.45) is 3.13. The molecule has 1 N–H and O–H groups in total. The molecule has 0 aliphatic carbocycles. The molecule has 0 fully saturated rings. The fourth-order valence-electron chi connectivity index (χ4n) is 2.09. The van der Waals surface area contributed by atoms with Gasteiger partial charge < -0.3 is 14.7 Å². The predicted octanol–water partition coefficient (Wildman–Crippen LogP) is 3.22. The van der Waals surface area contributed by atoms with Crippen molar-refractivity contribution >= 4 is 17.8 Å². The molecular weight excluding hydrogens is 318 g/mol. The molecule has 0 bridgehead atoms. The van der Waals surface area contributed by atoms with Gasteiger partial charge in [-0.15, -0.1) is 0 Å². The van der Waals surface area contributed by atoms with Gasteiger partial charge in [0, 0.05) is 12.1 Å². The Balaban J connectivity index is 2.01. The molecule has 130 valence electrons. The Kier molecular flexibility index (Phi) is 6.48. The fourth-order valence-corrected chi connectivity index (χ4v) is 2.09. The quantitative estimate of drug-likeness (QED) is 0.591. The van der Waals surface area contributed by atoms with Gasteiger partial charge in [0.25, 0.3) is 0 Å². The number of carbonyl (C=O) groups excluding carboxylic acids is 1. The van der Waals surface area contributed by atoms with Gasteiger partial charge in [0.1, 0.15) is 12.4 Å². The van der Waals surface area contributed by atoms with E-state index in [2.05, 4.69) is 0 Å². The zero-order valence-corrected chi connectivity index (χ0v) is 14.3. The Morgan fingerprint density at radius 2 is 1.80 bits per heavy atom. The van der Waals surface area contributed by atoms with E-state index in [1.807, 2.05) is 25.1 Å². The molecule has 0 radical (unpaired) electrons. The summed E-state index contributed by atoms with van der Waals surface area (Å²) in [6.45, 7) is 1.35. The van der Waals surface area contributed by atoms with Gasteiger partial charge in [-0.2, -0.15) is 0 Å².